The number of nitrogens with zero attached hydrogens (tertiary/aromatic N) is 1. The van der Waals surface area contributed by atoms with E-state index in [9.17, 15) is 0 Å². The van der Waals surface area contributed by atoms with Crippen molar-refractivity contribution in [2.45, 2.75) is 32.0 Å². The quantitative estimate of drug-likeness (QED) is 0.706. The summed E-state index contributed by atoms with van der Waals surface area (Å²) >= 11 is 0. The van der Waals surface area contributed by atoms with E-state index in [4.69, 9.17) is 15.2 Å². The number of hydrogen-bond donors (Lipinski definition) is 1. The van der Waals surface area contributed by atoms with Crippen molar-refractivity contribution in [3.8, 4) is 0 Å². The first-order chi connectivity index (χ1) is 7.16. The predicted molar refractivity (Wildman–Crippen MR) is 58.7 cm³/mol. The van der Waals surface area contributed by atoms with Crippen LogP contribution in [0.1, 0.15) is 13.8 Å². The molecule has 0 radical (unpaired) electrons. The smallest absolute Gasteiger partial charge is 0.0674 e. The van der Waals surface area contributed by atoms with Gasteiger partial charge in [-0.05, 0) is 13.8 Å². The zero-order chi connectivity index (χ0) is 10.8. The second-order valence-electron chi connectivity index (χ2n) is 4.91. The van der Waals surface area contributed by atoms with Crippen LogP contribution in [0.2, 0.25) is 0 Å². The van der Waals surface area contributed by atoms with Crippen molar-refractivity contribution >= 4 is 0 Å². The number of rotatable bonds is 2. The molecule has 4 heteroatoms. The van der Waals surface area contributed by atoms with Crippen LogP contribution in [0.25, 0.3) is 0 Å². The molecule has 2 fully saturated rings. The van der Waals surface area contributed by atoms with E-state index >= 15 is 0 Å². The lowest BCUT2D eigenvalue weighted by Crippen LogP contribution is -2.50. The number of ether oxygens (including phenoxy) is 2. The lowest BCUT2D eigenvalue weighted by molar-refractivity contribution is -0.0548. The van der Waals surface area contributed by atoms with Crippen molar-refractivity contribution in [3.63, 3.8) is 0 Å². The molecule has 15 heavy (non-hydrogen) atoms. The summed E-state index contributed by atoms with van der Waals surface area (Å²) in [6.45, 7) is 8.79. The van der Waals surface area contributed by atoms with Crippen molar-refractivity contribution in [1.82, 2.24) is 4.90 Å². The van der Waals surface area contributed by atoms with Crippen molar-refractivity contribution in [3.05, 3.63) is 0 Å². The van der Waals surface area contributed by atoms with Gasteiger partial charge in [0.2, 0.25) is 0 Å². The highest BCUT2D eigenvalue weighted by molar-refractivity contribution is 4.84. The number of nitrogens with two attached hydrogens (primary N) is 1. The second kappa shape index (κ2) is 4.78. The van der Waals surface area contributed by atoms with Crippen LogP contribution in [-0.4, -0.2) is 56.0 Å². The van der Waals surface area contributed by atoms with Gasteiger partial charge in [-0.15, -0.1) is 0 Å². The molecule has 0 aromatic carbocycles. The summed E-state index contributed by atoms with van der Waals surface area (Å²) in [6, 6.07) is 0.726. The van der Waals surface area contributed by atoms with E-state index < -0.39 is 0 Å². The van der Waals surface area contributed by atoms with Crippen LogP contribution in [0.5, 0.6) is 0 Å². The molecule has 2 aliphatic heterocycles. The fourth-order valence-corrected chi connectivity index (χ4v) is 2.33. The monoisotopic (exact) mass is 214 g/mol. The highest BCUT2D eigenvalue weighted by Gasteiger charge is 2.31. The SMILES string of the molecule is CC1CN(CC2COCC2N)C(C)CO1. The topological polar surface area (TPSA) is 47.7 Å². The molecule has 0 amide bonds. The van der Waals surface area contributed by atoms with Crippen molar-refractivity contribution < 1.29 is 9.47 Å². The molecule has 2 saturated heterocycles. The van der Waals surface area contributed by atoms with Gasteiger partial charge in [0.1, 0.15) is 0 Å². The third-order valence-electron chi connectivity index (χ3n) is 3.45. The molecule has 2 heterocycles. The Kier molecular flexibility index (Phi) is 3.61. The largest absolute Gasteiger partial charge is 0.379 e. The van der Waals surface area contributed by atoms with E-state index in [0.717, 1.165) is 32.9 Å². The van der Waals surface area contributed by atoms with Crippen molar-refractivity contribution in [1.29, 1.82) is 0 Å². The van der Waals surface area contributed by atoms with Crippen LogP contribution in [0, 0.1) is 5.92 Å². The Bertz CT molecular complexity index is 213. The first-order valence-corrected chi connectivity index (χ1v) is 5.85. The minimum Gasteiger partial charge on any atom is -0.379 e. The summed E-state index contributed by atoms with van der Waals surface area (Å²) < 4.78 is 11.0. The molecule has 2 aliphatic rings. The van der Waals surface area contributed by atoms with Crippen LogP contribution < -0.4 is 5.73 Å². The van der Waals surface area contributed by atoms with E-state index in [1.54, 1.807) is 0 Å². The molecule has 0 spiro atoms. The fraction of sp³-hybridized carbons (Fsp3) is 1.00. The van der Waals surface area contributed by atoms with Gasteiger partial charge < -0.3 is 15.2 Å². The Balaban J connectivity index is 1.86. The molecule has 0 aromatic heterocycles. The fourth-order valence-electron chi connectivity index (χ4n) is 2.33. The maximum Gasteiger partial charge on any atom is 0.0674 e. The highest BCUT2D eigenvalue weighted by atomic mass is 16.5. The Hall–Kier alpha value is -0.160. The number of morpholine rings is 1. The molecule has 2 N–H and O–H groups in total. The Morgan fingerprint density at radius 1 is 1.27 bits per heavy atom. The standard InChI is InChI=1S/C11H22N2O2/c1-8-5-15-9(2)3-13(8)4-10-6-14-7-11(10)12/h8-11H,3-7,12H2,1-2H3. The van der Waals surface area contributed by atoms with Gasteiger partial charge in [-0.25, -0.2) is 0 Å². The number of hydrogen-bond acceptors (Lipinski definition) is 4. The minimum atomic E-state index is 0.218. The van der Waals surface area contributed by atoms with Gasteiger partial charge in [-0.2, -0.15) is 0 Å². The van der Waals surface area contributed by atoms with Gasteiger partial charge in [0.25, 0.3) is 0 Å². The molecule has 4 nitrogen and oxygen atoms in total. The summed E-state index contributed by atoms with van der Waals surface area (Å²) in [5.74, 6) is 0.498. The van der Waals surface area contributed by atoms with Crippen LogP contribution in [0.3, 0.4) is 0 Å². The van der Waals surface area contributed by atoms with Crippen molar-refractivity contribution in [2.24, 2.45) is 11.7 Å². The van der Waals surface area contributed by atoms with Gasteiger partial charge in [0, 0.05) is 31.1 Å². The highest BCUT2D eigenvalue weighted by Crippen LogP contribution is 2.18. The van der Waals surface area contributed by atoms with Gasteiger partial charge in [0.15, 0.2) is 0 Å². The van der Waals surface area contributed by atoms with Gasteiger partial charge >= 0.3 is 0 Å². The van der Waals surface area contributed by atoms with Crippen LogP contribution in [-0.2, 0) is 9.47 Å². The molecule has 4 atom stereocenters. The molecular formula is C11H22N2O2. The van der Waals surface area contributed by atoms with Gasteiger partial charge in [-0.3, -0.25) is 4.90 Å². The molecule has 2 rings (SSSR count). The Morgan fingerprint density at radius 3 is 2.73 bits per heavy atom. The van der Waals surface area contributed by atoms with Crippen LogP contribution >= 0.6 is 0 Å². The predicted octanol–water partition coefficient (Wildman–Crippen LogP) is 0.0693. The average molecular weight is 214 g/mol. The lowest BCUT2D eigenvalue weighted by atomic mass is 10.0. The summed E-state index contributed by atoms with van der Waals surface area (Å²) in [5.41, 5.74) is 5.99. The lowest BCUT2D eigenvalue weighted by Gasteiger charge is -2.38. The zero-order valence-electron chi connectivity index (χ0n) is 9.69. The maximum absolute atomic E-state index is 5.99. The van der Waals surface area contributed by atoms with E-state index in [1.165, 1.54) is 0 Å². The van der Waals surface area contributed by atoms with Crippen LogP contribution in [0.15, 0.2) is 0 Å². The molecular weight excluding hydrogens is 192 g/mol. The normalized spacial score (nSPS) is 43.4. The molecule has 88 valence electrons. The zero-order valence-corrected chi connectivity index (χ0v) is 9.69. The first-order valence-electron chi connectivity index (χ1n) is 5.85. The van der Waals surface area contributed by atoms with Crippen molar-refractivity contribution in [2.75, 3.05) is 32.9 Å². The van der Waals surface area contributed by atoms with E-state index in [1.807, 2.05) is 0 Å². The molecule has 4 unspecified atom stereocenters. The third-order valence-corrected chi connectivity index (χ3v) is 3.45. The molecule has 0 aliphatic carbocycles. The third kappa shape index (κ3) is 2.69. The van der Waals surface area contributed by atoms with Gasteiger partial charge in [0.05, 0.1) is 25.9 Å². The van der Waals surface area contributed by atoms with E-state index in [-0.39, 0.29) is 6.04 Å². The molecule has 0 bridgehead atoms. The average Bonchev–Trinajstić information content (AvgIpc) is 2.58. The summed E-state index contributed by atoms with van der Waals surface area (Å²) in [7, 11) is 0. The Labute approximate surface area is 91.7 Å². The summed E-state index contributed by atoms with van der Waals surface area (Å²) in [6.07, 6.45) is 0.347. The summed E-state index contributed by atoms with van der Waals surface area (Å²) in [4.78, 5) is 2.48. The first kappa shape index (κ1) is 11.3. The van der Waals surface area contributed by atoms with E-state index in [0.29, 0.717) is 18.1 Å². The Morgan fingerprint density at radius 2 is 2.07 bits per heavy atom. The summed E-state index contributed by atoms with van der Waals surface area (Å²) in [5, 5.41) is 0. The van der Waals surface area contributed by atoms with Gasteiger partial charge in [-0.1, -0.05) is 0 Å². The molecule has 0 saturated carbocycles. The van der Waals surface area contributed by atoms with E-state index in [2.05, 4.69) is 18.7 Å². The second-order valence-corrected chi connectivity index (χ2v) is 4.91. The molecule has 0 aromatic rings. The van der Waals surface area contributed by atoms with Crippen LogP contribution in [0.4, 0.5) is 0 Å². The minimum absolute atomic E-state index is 0.218. The maximum atomic E-state index is 5.99.